The SMILES string of the molecule is Cc1[nH]nc2cc(C3=CCC4C3(C)CCC3(O)CC5C(O)C(O)C(N(C)C)CC56CCC43O6)ccc12. The number of aromatic nitrogens is 2. The minimum absolute atomic E-state index is 0.0998. The molecule has 9 atom stereocenters. The Bertz CT molecular complexity index is 1270. The first-order valence-corrected chi connectivity index (χ1v) is 13.6. The predicted octanol–water partition coefficient (Wildman–Crippen LogP) is 3.17. The molecular weight excluding hydrogens is 454 g/mol. The van der Waals surface area contributed by atoms with Crippen LogP contribution in [0, 0.1) is 24.2 Å². The quantitative estimate of drug-likeness (QED) is 0.513. The highest BCUT2D eigenvalue weighted by atomic mass is 16.6. The molecule has 3 aliphatic carbocycles. The van der Waals surface area contributed by atoms with E-state index >= 15 is 0 Å². The molecule has 7 heteroatoms. The van der Waals surface area contributed by atoms with Gasteiger partial charge in [0, 0.05) is 29.0 Å². The number of nitrogens with one attached hydrogen (secondary N) is 1. The van der Waals surface area contributed by atoms with E-state index < -0.39 is 29.0 Å². The maximum absolute atomic E-state index is 12.3. The van der Waals surface area contributed by atoms with E-state index in [1.807, 2.05) is 25.9 Å². The molecule has 2 spiro atoms. The van der Waals surface area contributed by atoms with E-state index in [1.165, 1.54) is 11.1 Å². The number of ether oxygens (including phenoxy) is 1. The standard InChI is InChI=1S/C29H39N3O4/c1-16-18-6-5-17(13-21(18)31-30-16)19-7-8-23-26(19,2)9-11-28(35)14-20-24(33)25(34)22(32(3)4)15-27(20)10-12-29(23,28)36-27/h5-7,13,20,22-25,33-35H,8-12,14-15H2,1-4H3,(H,30,31). The highest BCUT2D eigenvalue weighted by Crippen LogP contribution is 2.71. The second-order valence-electron chi connectivity index (χ2n) is 13.0. The van der Waals surface area contributed by atoms with Gasteiger partial charge in [0.15, 0.2) is 0 Å². The Balaban J connectivity index is 1.27. The Morgan fingerprint density at radius 2 is 1.89 bits per heavy atom. The lowest BCUT2D eigenvalue weighted by Crippen LogP contribution is -2.73. The molecule has 0 amide bonds. The van der Waals surface area contributed by atoms with Gasteiger partial charge in [-0.3, -0.25) is 5.10 Å². The normalized spacial score (nSPS) is 47.6. The number of hydrogen-bond donors (Lipinski definition) is 4. The van der Waals surface area contributed by atoms with E-state index in [1.54, 1.807) is 0 Å². The number of H-pyrrole nitrogens is 1. The number of aliphatic hydroxyl groups excluding tert-OH is 2. The molecule has 36 heavy (non-hydrogen) atoms. The van der Waals surface area contributed by atoms with Crippen LogP contribution < -0.4 is 0 Å². The predicted molar refractivity (Wildman–Crippen MR) is 137 cm³/mol. The van der Waals surface area contributed by atoms with Gasteiger partial charge < -0.3 is 25.0 Å². The Labute approximate surface area is 212 Å². The van der Waals surface area contributed by atoms with Crippen LogP contribution in [-0.4, -0.2) is 79.6 Å². The second-order valence-corrected chi connectivity index (χ2v) is 13.0. The molecule has 4 fully saturated rings. The summed E-state index contributed by atoms with van der Waals surface area (Å²) < 4.78 is 7.22. The van der Waals surface area contributed by atoms with E-state index in [0.29, 0.717) is 19.3 Å². The fourth-order valence-corrected chi connectivity index (χ4v) is 9.37. The summed E-state index contributed by atoms with van der Waals surface area (Å²) in [4.78, 5) is 2.02. The van der Waals surface area contributed by atoms with Crippen LogP contribution >= 0.6 is 0 Å². The van der Waals surface area contributed by atoms with E-state index in [0.717, 1.165) is 42.3 Å². The maximum atomic E-state index is 12.3. The monoisotopic (exact) mass is 493 g/mol. The number of aromatic amines is 1. The van der Waals surface area contributed by atoms with Gasteiger partial charge in [0.1, 0.15) is 5.60 Å². The lowest BCUT2D eigenvalue weighted by atomic mass is 9.51. The summed E-state index contributed by atoms with van der Waals surface area (Å²) in [7, 11) is 3.92. The molecule has 2 bridgehead atoms. The van der Waals surface area contributed by atoms with Crippen LogP contribution in [0.5, 0.6) is 0 Å². The van der Waals surface area contributed by atoms with Gasteiger partial charge in [0.2, 0.25) is 0 Å². The molecule has 2 saturated heterocycles. The van der Waals surface area contributed by atoms with Crippen molar-refractivity contribution in [2.75, 3.05) is 14.1 Å². The number of rotatable bonds is 2. The van der Waals surface area contributed by atoms with Gasteiger partial charge in [0.25, 0.3) is 0 Å². The first kappa shape index (κ1) is 23.4. The average molecular weight is 494 g/mol. The van der Waals surface area contributed by atoms with Crippen LogP contribution in [-0.2, 0) is 4.74 Å². The largest absolute Gasteiger partial charge is 0.390 e. The molecular formula is C29H39N3O4. The molecule has 3 heterocycles. The smallest absolute Gasteiger partial charge is 0.102 e. The zero-order valence-corrected chi connectivity index (χ0v) is 21.8. The van der Waals surface area contributed by atoms with Crippen LogP contribution in [0.4, 0.5) is 0 Å². The Hall–Kier alpha value is -1.77. The molecule has 7 rings (SSSR count). The number of benzene rings is 1. The van der Waals surface area contributed by atoms with Crippen molar-refractivity contribution in [3.8, 4) is 0 Å². The van der Waals surface area contributed by atoms with Gasteiger partial charge >= 0.3 is 0 Å². The molecule has 7 nitrogen and oxygen atoms in total. The van der Waals surface area contributed by atoms with Crippen LogP contribution in [0.25, 0.3) is 16.5 Å². The van der Waals surface area contributed by atoms with Gasteiger partial charge in [0.05, 0.1) is 28.9 Å². The summed E-state index contributed by atoms with van der Waals surface area (Å²) in [6, 6.07) is 6.43. The molecule has 1 aromatic carbocycles. The Morgan fingerprint density at radius 3 is 2.67 bits per heavy atom. The molecule has 5 aliphatic rings. The number of allylic oxidation sites excluding steroid dienone is 2. The van der Waals surface area contributed by atoms with Crippen LogP contribution in [0.3, 0.4) is 0 Å². The van der Waals surface area contributed by atoms with Crippen LogP contribution in [0.2, 0.25) is 0 Å². The Morgan fingerprint density at radius 1 is 1.08 bits per heavy atom. The molecule has 4 N–H and O–H groups in total. The van der Waals surface area contributed by atoms with Crippen molar-refractivity contribution < 1.29 is 20.1 Å². The van der Waals surface area contributed by atoms with Crippen LogP contribution in [0.15, 0.2) is 24.3 Å². The number of fused-ring (bicyclic) bond motifs is 2. The summed E-state index contributed by atoms with van der Waals surface area (Å²) in [5.41, 5.74) is 2.43. The molecule has 0 radical (unpaired) electrons. The lowest BCUT2D eigenvalue weighted by molar-refractivity contribution is -0.331. The van der Waals surface area contributed by atoms with Crippen molar-refractivity contribution >= 4 is 16.5 Å². The van der Waals surface area contributed by atoms with Crippen LogP contribution in [0.1, 0.15) is 63.1 Å². The van der Waals surface area contributed by atoms with Crippen molar-refractivity contribution in [1.82, 2.24) is 15.1 Å². The third-order valence-corrected chi connectivity index (χ3v) is 11.3. The fourth-order valence-electron chi connectivity index (χ4n) is 9.37. The van der Waals surface area contributed by atoms with Crippen molar-refractivity contribution in [2.45, 2.75) is 93.8 Å². The number of likely N-dealkylation sites (N-methyl/N-ethyl adjacent to an activating group) is 1. The maximum Gasteiger partial charge on any atom is 0.102 e. The number of hydrogen-bond acceptors (Lipinski definition) is 6. The number of nitrogens with zero attached hydrogens (tertiary/aromatic N) is 2. The van der Waals surface area contributed by atoms with E-state index in [2.05, 4.69) is 41.4 Å². The van der Waals surface area contributed by atoms with E-state index in [4.69, 9.17) is 4.74 Å². The van der Waals surface area contributed by atoms with Gasteiger partial charge in [-0.2, -0.15) is 5.10 Å². The second kappa shape index (κ2) is 7.20. The van der Waals surface area contributed by atoms with Crippen molar-refractivity contribution in [1.29, 1.82) is 0 Å². The molecule has 1 aromatic heterocycles. The van der Waals surface area contributed by atoms with Gasteiger partial charge in [-0.25, -0.2) is 0 Å². The van der Waals surface area contributed by atoms with Gasteiger partial charge in [-0.05, 0) is 88.6 Å². The third-order valence-electron chi connectivity index (χ3n) is 11.3. The molecule has 2 saturated carbocycles. The molecule has 2 aliphatic heterocycles. The topological polar surface area (TPSA) is 102 Å². The lowest BCUT2D eigenvalue weighted by Gasteiger charge is -2.65. The van der Waals surface area contributed by atoms with E-state index in [9.17, 15) is 15.3 Å². The van der Waals surface area contributed by atoms with Crippen molar-refractivity contribution in [2.24, 2.45) is 17.3 Å². The number of aliphatic hydroxyl groups is 3. The Kier molecular flexibility index (Phi) is 4.67. The average Bonchev–Trinajstić information content (AvgIpc) is 3.50. The van der Waals surface area contributed by atoms with Gasteiger partial charge in [-0.1, -0.05) is 25.1 Å². The molecule has 2 aromatic rings. The summed E-state index contributed by atoms with van der Waals surface area (Å²) in [5.74, 6) is -0.0645. The molecule has 194 valence electrons. The van der Waals surface area contributed by atoms with E-state index in [-0.39, 0.29) is 23.3 Å². The zero-order chi connectivity index (χ0) is 25.3. The first-order chi connectivity index (χ1) is 17.0. The fraction of sp³-hybridized carbons (Fsp3) is 0.690. The minimum Gasteiger partial charge on any atom is -0.390 e. The van der Waals surface area contributed by atoms with Crippen molar-refractivity contribution in [3.05, 3.63) is 35.5 Å². The third kappa shape index (κ3) is 2.68. The summed E-state index contributed by atoms with van der Waals surface area (Å²) >= 11 is 0. The van der Waals surface area contributed by atoms with Gasteiger partial charge in [-0.15, -0.1) is 0 Å². The highest BCUT2D eigenvalue weighted by molar-refractivity contribution is 5.86. The zero-order valence-electron chi connectivity index (χ0n) is 21.8. The summed E-state index contributed by atoms with van der Waals surface area (Å²) in [6.07, 6.45) is 5.91. The molecule has 9 unspecified atom stereocenters. The van der Waals surface area contributed by atoms with Crippen molar-refractivity contribution in [3.63, 3.8) is 0 Å². The highest BCUT2D eigenvalue weighted by Gasteiger charge is 2.76. The first-order valence-electron chi connectivity index (χ1n) is 13.6. The summed E-state index contributed by atoms with van der Waals surface area (Å²) in [5, 5.41) is 43.2. The summed E-state index contributed by atoms with van der Waals surface area (Å²) in [6.45, 7) is 4.42. The minimum atomic E-state index is -0.986. The number of aryl methyl sites for hydroxylation is 1.